The minimum absolute atomic E-state index is 0.893. The maximum absolute atomic E-state index is 5.63. The number of hydrogen-bond acceptors (Lipinski definition) is 2. The van der Waals surface area contributed by atoms with Gasteiger partial charge >= 0.3 is 0 Å². The summed E-state index contributed by atoms with van der Waals surface area (Å²) >= 11 is 0. The van der Waals surface area contributed by atoms with Gasteiger partial charge in [-0.2, -0.15) is 0 Å². The van der Waals surface area contributed by atoms with Gasteiger partial charge in [0.1, 0.15) is 0 Å². The Balaban J connectivity index is 1.60. The molecule has 0 amide bonds. The summed E-state index contributed by atoms with van der Waals surface area (Å²) in [4.78, 5) is 0. The number of unbranched alkanes of at least 4 members (excludes halogenated alkanes) is 8. The molecule has 1 rings (SSSR count). The molecule has 0 unspecified atom stereocenters. The zero-order chi connectivity index (χ0) is 13.6. The molecule has 0 spiro atoms. The Kier molecular flexibility index (Phi) is 11.5. The SMILES string of the molecule is CCCCCCCCCCCOCCNCC1CC1. The van der Waals surface area contributed by atoms with Crippen LogP contribution in [-0.2, 0) is 4.74 Å². The highest BCUT2D eigenvalue weighted by Crippen LogP contribution is 2.27. The van der Waals surface area contributed by atoms with Gasteiger partial charge in [0, 0.05) is 13.2 Å². The molecule has 1 N–H and O–H groups in total. The molecule has 1 aliphatic rings. The van der Waals surface area contributed by atoms with E-state index in [-0.39, 0.29) is 0 Å². The van der Waals surface area contributed by atoms with Crippen LogP contribution in [0.2, 0.25) is 0 Å². The molecule has 0 aromatic rings. The van der Waals surface area contributed by atoms with E-state index in [0.717, 1.165) is 25.7 Å². The van der Waals surface area contributed by atoms with E-state index in [1.165, 1.54) is 77.2 Å². The molecule has 2 heteroatoms. The Labute approximate surface area is 120 Å². The van der Waals surface area contributed by atoms with Crippen LogP contribution in [0.3, 0.4) is 0 Å². The van der Waals surface area contributed by atoms with E-state index in [0.29, 0.717) is 0 Å². The smallest absolute Gasteiger partial charge is 0.0590 e. The van der Waals surface area contributed by atoms with E-state index in [9.17, 15) is 0 Å². The maximum atomic E-state index is 5.63. The van der Waals surface area contributed by atoms with Gasteiger partial charge in [-0.1, -0.05) is 58.3 Å². The third-order valence-electron chi connectivity index (χ3n) is 3.95. The van der Waals surface area contributed by atoms with Crippen molar-refractivity contribution in [2.75, 3.05) is 26.3 Å². The molecular weight excluding hydrogens is 234 g/mol. The molecule has 0 aromatic heterocycles. The Morgan fingerprint density at radius 1 is 0.842 bits per heavy atom. The van der Waals surface area contributed by atoms with Gasteiger partial charge in [-0.15, -0.1) is 0 Å². The van der Waals surface area contributed by atoms with Crippen LogP contribution in [0.25, 0.3) is 0 Å². The molecule has 2 nitrogen and oxygen atoms in total. The fourth-order valence-corrected chi connectivity index (χ4v) is 2.39. The molecule has 0 radical (unpaired) electrons. The van der Waals surface area contributed by atoms with Gasteiger partial charge < -0.3 is 10.1 Å². The zero-order valence-electron chi connectivity index (χ0n) is 13.1. The topological polar surface area (TPSA) is 21.3 Å². The average molecular weight is 269 g/mol. The number of hydrogen-bond donors (Lipinski definition) is 1. The van der Waals surface area contributed by atoms with Gasteiger partial charge in [-0.25, -0.2) is 0 Å². The van der Waals surface area contributed by atoms with Gasteiger partial charge in [-0.3, -0.25) is 0 Å². The number of rotatable bonds is 15. The van der Waals surface area contributed by atoms with Crippen molar-refractivity contribution >= 4 is 0 Å². The average Bonchev–Trinajstić information content (AvgIpc) is 3.23. The first-order valence-corrected chi connectivity index (χ1v) is 8.72. The van der Waals surface area contributed by atoms with E-state index < -0.39 is 0 Å². The third-order valence-corrected chi connectivity index (χ3v) is 3.95. The van der Waals surface area contributed by atoms with E-state index >= 15 is 0 Å². The fraction of sp³-hybridized carbons (Fsp3) is 1.00. The van der Waals surface area contributed by atoms with Crippen molar-refractivity contribution in [3.8, 4) is 0 Å². The first kappa shape index (κ1) is 17.0. The van der Waals surface area contributed by atoms with Crippen LogP contribution in [-0.4, -0.2) is 26.3 Å². The lowest BCUT2D eigenvalue weighted by Crippen LogP contribution is -2.22. The van der Waals surface area contributed by atoms with Crippen LogP contribution in [0.4, 0.5) is 0 Å². The molecule has 0 saturated heterocycles. The van der Waals surface area contributed by atoms with E-state index in [1.54, 1.807) is 0 Å². The van der Waals surface area contributed by atoms with Crippen molar-refractivity contribution in [1.82, 2.24) is 5.32 Å². The molecule has 0 aliphatic heterocycles. The third kappa shape index (κ3) is 12.7. The van der Waals surface area contributed by atoms with Gasteiger partial charge in [0.2, 0.25) is 0 Å². The largest absolute Gasteiger partial charge is 0.380 e. The van der Waals surface area contributed by atoms with Gasteiger partial charge in [0.15, 0.2) is 0 Å². The lowest BCUT2D eigenvalue weighted by molar-refractivity contribution is 0.131. The summed E-state index contributed by atoms with van der Waals surface area (Å²) in [5.41, 5.74) is 0. The first-order chi connectivity index (χ1) is 9.43. The highest BCUT2D eigenvalue weighted by molar-refractivity contribution is 4.74. The van der Waals surface area contributed by atoms with E-state index in [4.69, 9.17) is 4.74 Å². The second kappa shape index (κ2) is 12.9. The lowest BCUT2D eigenvalue weighted by atomic mass is 10.1. The quantitative estimate of drug-likeness (QED) is 0.441. The van der Waals surface area contributed by atoms with Crippen molar-refractivity contribution in [3.63, 3.8) is 0 Å². The second-order valence-corrected chi connectivity index (χ2v) is 6.09. The van der Waals surface area contributed by atoms with Crippen molar-refractivity contribution in [3.05, 3.63) is 0 Å². The van der Waals surface area contributed by atoms with Crippen LogP contribution in [0.1, 0.15) is 77.6 Å². The summed E-state index contributed by atoms with van der Waals surface area (Å²) in [6.45, 7) is 6.38. The van der Waals surface area contributed by atoms with Crippen LogP contribution in [0.5, 0.6) is 0 Å². The molecule has 114 valence electrons. The van der Waals surface area contributed by atoms with Crippen LogP contribution >= 0.6 is 0 Å². The summed E-state index contributed by atoms with van der Waals surface area (Å²) in [6.07, 6.45) is 15.4. The first-order valence-electron chi connectivity index (χ1n) is 8.72. The Morgan fingerprint density at radius 2 is 1.47 bits per heavy atom. The maximum Gasteiger partial charge on any atom is 0.0590 e. The summed E-state index contributed by atoms with van der Waals surface area (Å²) < 4.78 is 5.63. The highest BCUT2D eigenvalue weighted by atomic mass is 16.5. The predicted octanol–water partition coefficient (Wildman–Crippen LogP) is 4.53. The summed E-state index contributed by atoms with van der Waals surface area (Å²) in [5.74, 6) is 0.984. The fourth-order valence-electron chi connectivity index (χ4n) is 2.39. The molecule has 0 heterocycles. The molecule has 1 aliphatic carbocycles. The molecule has 0 atom stereocenters. The highest BCUT2D eigenvalue weighted by Gasteiger charge is 2.19. The van der Waals surface area contributed by atoms with Gasteiger partial charge in [-0.05, 0) is 31.7 Å². The second-order valence-electron chi connectivity index (χ2n) is 6.09. The van der Waals surface area contributed by atoms with E-state index in [2.05, 4.69) is 12.2 Å². The summed E-state index contributed by atoms with van der Waals surface area (Å²) in [7, 11) is 0. The normalized spacial score (nSPS) is 15.0. The Bertz CT molecular complexity index is 180. The molecule has 1 fully saturated rings. The van der Waals surface area contributed by atoms with Crippen molar-refractivity contribution in [2.24, 2.45) is 5.92 Å². The molecule has 0 bridgehead atoms. The van der Waals surface area contributed by atoms with Gasteiger partial charge in [0.25, 0.3) is 0 Å². The minimum Gasteiger partial charge on any atom is -0.380 e. The summed E-state index contributed by atoms with van der Waals surface area (Å²) in [5, 5.41) is 3.46. The van der Waals surface area contributed by atoms with Crippen molar-refractivity contribution < 1.29 is 4.74 Å². The molecular formula is C17H35NO. The summed E-state index contributed by atoms with van der Waals surface area (Å²) in [6, 6.07) is 0. The standard InChI is InChI=1S/C17H35NO/c1-2-3-4-5-6-7-8-9-10-14-19-15-13-18-16-17-11-12-17/h17-18H,2-16H2,1H3. The Morgan fingerprint density at radius 3 is 2.11 bits per heavy atom. The zero-order valence-corrected chi connectivity index (χ0v) is 13.1. The monoisotopic (exact) mass is 269 g/mol. The van der Waals surface area contributed by atoms with Crippen molar-refractivity contribution in [2.45, 2.75) is 77.6 Å². The van der Waals surface area contributed by atoms with E-state index in [1.807, 2.05) is 0 Å². The van der Waals surface area contributed by atoms with Crippen LogP contribution in [0, 0.1) is 5.92 Å². The minimum atomic E-state index is 0.893. The molecule has 0 aromatic carbocycles. The Hall–Kier alpha value is -0.0800. The predicted molar refractivity (Wildman–Crippen MR) is 83.6 cm³/mol. The van der Waals surface area contributed by atoms with Crippen LogP contribution < -0.4 is 5.32 Å². The number of nitrogens with one attached hydrogen (secondary N) is 1. The number of ether oxygens (including phenoxy) is 1. The lowest BCUT2D eigenvalue weighted by Gasteiger charge is -2.05. The van der Waals surface area contributed by atoms with Gasteiger partial charge in [0.05, 0.1) is 6.61 Å². The van der Waals surface area contributed by atoms with Crippen LogP contribution in [0.15, 0.2) is 0 Å². The molecule has 19 heavy (non-hydrogen) atoms. The molecule has 1 saturated carbocycles. The van der Waals surface area contributed by atoms with Crippen molar-refractivity contribution in [1.29, 1.82) is 0 Å².